The standard InChI is InChI=1S/C17H23N5O3/c1-19-8-10-21(11-9-19)16-4-3-15(22(23)24)13-17(16)25-12-6-14-5-7-18-20(14)2/h3-5,7,13H,6,8-12H2,1-2H3. The Morgan fingerprint density at radius 1 is 1.20 bits per heavy atom. The molecule has 0 atom stereocenters. The summed E-state index contributed by atoms with van der Waals surface area (Å²) in [5.41, 5.74) is 2.03. The Morgan fingerprint density at radius 2 is 1.96 bits per heavy atom. The van der Waals surface area contributed by atoms with Crippen molar-refractivity contribution in [2.75, 3.05) is 44.7 Å². The highest BCUT2D eigenvalue weighted by Gasteiger charge is 2.20. The van der Waals surface area contributed by atoms with Gasteiger partial charge in [0.15, 0.2) is 0 Å². The third-order valence-electron chi connectivity index (χ3n) is 4.54. The SMILES string of the molecule is CN1CCN(c2ccc([N+](=O)[O-])cc2OCCc2ccnn2C)CC1. The van der Waals surface area contributed by atoms with Gasteiger partial charge in [-0.15, -0.1) is 0 Å². The van der Waals surface area contributed by atoms with Crippen molar-refractivity contribution in [2.45, 2.75) is 6.42 Å². The Kier molecular flexibility index (Phi) is 5.18. The number of nitro benzene ring substituents is 1. The van der Waals surface area contributed by atoms with Crippen molar-refractivity contribution < 1.29 is 9.66 Å². The molecule has 0 spiro atoms. The fourth-order valence-electron chi connectivity index (χ4n) is 2.95. The van der Waals surface area contributed by atoms with E-state index in [9.17, 15) is 10.1 Å². The van der Waals surface area contributed by atoms with Gasteiger partial charge in [-0.25, -0.2) is 0 Å². The van der Waals surface area contributed by atoms with Gasteiger partial charge < -0.3 is 14.5 Å². The zero-order chi connectivity index (χ0) is 17.8. The molecule has 0 unspecified atom stereocenters. The molecule has 0 radical (unpaired) electrons. The number of nitro groups is 1. The van der Waals surface area contributed by atoms with E-state index in [0.29, 0.717) is 18.8 Å². The van der Waals surface area contributed by atoms with Crippen LogP contribution >= 0.6 is 0 Å². The molecule has 1 aromatic heterocycles. The summed E-state index contributed by atoms with van der Waals surface area (Å²) < 4.78 is 7.74. The topological polar surface area (TPSA) is 76.7 Å². The molecule has 1 aromatic carbocycles. The number of non-ortho nitro benzene ring substituents is 1. The lowest BCUT2D eigenvalue weighted by Crippen LogP contribution is -2.44. The van der Waals surface area contributed by atoms with Crippen LogP contribution < -0.4 is 9.64 Å². The fraction of sp³-hybridized carbons (Fsp3) is 0.471. The lowest BCUT2D eigenvalue weighted by molar-refractivity contribution is -0.384. The van der Waals surface area contributed by atoms with Crippen LogP contribution in [0, 0.1) is 10.1 Å². The molecule has 8 nitrogen and oxygen atoms in total. The molecule has 1 fully saturated rings. The summed E-state index contributed by atoms with van der Waals surface area (Å²) >= 11 is 0. The number of aryl methyl sites for hydroxylation is 1. The largest absolute Gasteiger partial charge is 0.491 e. The first-order chi connectivity index (χ1) is 12.0. The molecule has 134 valence electrons. The summed E-state index contributed by atoms with van der Waals surface area (Å²) in [6, 6.07) is 6.81. The lowest BCUT2D eigenvalue weighted by Gasteiger charge is -2.34. The van der Waals surface area contributed by atoms with E-state index in [1.54, 1.807) is 23.0 Å². The molecule has 0 saturated carbocycles. The van der Waals surface area contributed by atoms with Crippen LogP contribution in [-0.4, -0.2) is 59.4 Å². The molecule has 0 N–H and O–H groups in total. The molecule has 1 aliphatic heterocycles. The van der Waals surface area contributed by atoms with Gasteiger partial charge in [0.05, 0.1) is 23.3 Å². The third kappa shape index (κ3) is 4.08. The Bertz CT molecular complexity index is 738. The summed E-state index contributed by atoms with van der Waals surface area (Å²) in [5.74, 6) is 0.570. The van der Waals surface area contributed by atoms with Crippen molar-refractivity contribution in [1.29, 1.82) is 0 Å². The fourth-order valence-corrected chi connectivity index (χ4v) is 2.95. The minimum atomic E-state index is -0.387. The second-order valence-electron chi connectivity index (χ2n) is 6.24. The van der Waals surface area contributed by atoms with Gasteiger partial charge in [-0.2, -0.15) is 5.10 Å². The second kappa shape index (κ2) is 7.52. The Balaban J connectivity index is 1.75. The Morgan fingerprint density at radius 3 is 2.60 bits per heavy atom. The first-order valence-corrected chi connectivity index (χ1v) is 8.36. The Hall–Kier alpha value is -2.61. The van der Waals surface area contributed by atoms with Crippen molar-refractivity contribution >= 4 is 11.4 Å². The summed E-state index contributed by atoms with van der Waals surface area (Å²) in [4.78, 5) is 15.2. The van der Waals surface area contributed by atoms with E-state index in [1.165, 1.54) is 6.07 Å². The number of ether oxygens (including phenoxy) is 1. The highest BCUT2D eigenvalue weighted by Crippen LogP contribution is 2.33. The molecule has 0 bridgehead atoms. The molecule has 3 rings (SSSR count). The number of hydrogen-bond acceptors (Lipinski definition) is 6. The van der Waals surface area contributed by atoms with Crippen molar-refractivity contribution in [3.63, 3.8) is 0 Å². The van der Waals surface area contributed by atoms with Gasteiger partial charge in [-0.05, 0) is 19.2 Å². The number of likely N-dealkylation sites (N-methyl/N-ethyl adjacent to an activating group) is 1. The summed E-state index contributed by atoms with van der Waals surface area (Å²) in [7, 11) is 3.98. The number of nitrogens with zero attached hydrogens (tertiary/aromatic N) is 5. The first kappa shape index (κ1) is 17.2. The van der Waals surface area contributed by atoms with Gasteiger partial charge in [-0.1, -0.05) is 0 Å². The van der Waals surface area contributed by atoms with Crippen LogP contribution in [0.5, 0.6) is 5.75 Å². The van der Waals surface area contributed by atoms with Gasteiger partial charge in [0.1, 0.15) is 5.75 Å². The third-order valence-corrected chi connectivity index (χ3v) is 4.54. The minimum Gasteiger partial charge on any atom is -0.491 e. The summed E-state index contributed by atoms with van der Waals surface area (Å²) in [6.45, 7) is 4.14. The maximum atomic E-state index is 11.1. The van der Waals surface area contributed by atoms with E-state index in [-0.39, 0.29) is 10.6 Å². The zero-order valence-corrected chi connectivity index (χ0v) is 14.6. The van der Waals surface area contributed by atoms with Crippen LogP contribution in [0.4, 0.5) is 11.4 Å². The van der Waals surface area contributed by atoms with Crippen LogP contribution in [0.15, 0.2) is 30.5 Å². The quantitative estimate of drug-likeness (QED) is 0.586. The van der Waals surface area contributed by atoms with E-state index in [0.717, 1.165) is 37.6 Å². The minimum absolute atomic E-state index is 0.0495. The molecular weight excluding hydrogens is 322 g/mol. The molecule has 0 amide bonds. The molecule has 8 heteroatoms. The monoisotopic (exact) mass is 345 g/mol. The number of piperazine rings is 1. The van der Waals surface area contributed by atoms with Gasteiger partial charge in [0.2, 0.25) is 0 Å². The van der Waals surface area contributed by atoms with E-state index in [1.807, 2.05) is 13.1 Å². The summed E-state index contributed by atoms with van der Waals surface area (Å²) in [5, 5.41) is 15.2. The lowest BCUT2D eigenvalue weighted by atomic mass is 10.2. The zero-order valence-electron chi connectivity index (χ0n) is 14.6. The molecular formula is C17H23N5O3. The number of anilines is 1. The maximum absolute atomic E-state index is 11.1. The van der Waals surface area contributed by atoms with Crippen molar-refractivity contribution in [1.82, 2.24) is 14.7 Å². The molecule has 1 aliphatic rings. The van der Waals surface area contributed by atoms with E-state index in [4.69, 9.17) is 4.74 Å². The van der Waals surface area contributed by atoms with E-state index in [2.05, 4.69) is 21.9 Å². The van der Waals surface area contributed by atoms with Crippen LogP contribution in [0.3, 0.4) is 0 Å². The first-order valence-electron chi connectivity index (χ1n) is 8.36. The van der Waals surface area contributed by atoms with Gasteiger partial charge in [-0.3, -0.25) is 14.8 Å². The average Bonchev–Trinajstić information content (AvgIpc) is 3.01. The predicted octanol–water partition coefficient (Wildman–Crippen LogP) is 1.70. The number of rotatable bonds is 6. The van der Waals surface area contributed by atoms with Crippen LogP contribution in [0.2, 0.25) is 0 Å². The molecule has 2 aromatic rings. The van der Waals surface area contributed by atoms with Crippen LogP contribution in [0.1, 0.15) is 5.69 Å². The van der Waals surface area contributed by atoms with Gasteiger partial charge in [0.25, 0.3) is 5.69 Å². The highest BCUT2D eigenvalue weighted by atomic mass is 16.6. The van der Waals surface area contributed by atoms with Crippen LogP contribution in [0.25, 0.3) is 0 Å². The highest BCUT2D eigenvalue weighted by molar-refractivity contribution is 5.62. The van der Waals surface area contributed by atoms with E-state index < -0.39 is 0 Å². The van der Waals surface area contributed by atoms with Crippen molar-refractivity contribution in [2.24, 2.45) is 7.05 Å². The van der Waals surface area contributed by atoms with Gasteiger partial charge in [0, 0.05) is 57.6 Å². The number of hydrogen-bond donors (Lipinski definition) is 0. The van der Waals surface area contributed by atoms with Crippen molar-refractivity contribution in [3.8, 4) is 5.75 Å². The number of aromatic nitrogens is 2. The normalized spacial score (nSPS) is 15.4. The van der Waals surface area contributed by atoms with E-state index >= 15 is 0 Å². The Labute approximate surface area is 146 Å². The molecule has 1 saturated heterocycles. The molecule has 2 heterocycles. The smallest absolute Gasteiger partial charge is 0.273 e. The molecule has 0 aliphatic carbocycles. The van der Waals surface area contributed by atoms with Crippen LogP contribution in [-0.2, 0) is 13.5 Å². The van der Waals surface area contributed by atoms with Gasteiger partial charge >= 0.3 is 0 Å². The average molecular weight is 345 g/mol. The summed E-state index contributed by atoms with van der Waals surface area (Å²) in [6.07, 6.45) is 2.44. The number of benzene rings is 1. The predicted molar refractivity (Wildman–Crippen MR) is 95.2 cm³/mol. The molecule has 25 heavy (non-hydrogen) atoms. The maximum Gasteiger partial charge on any atom is 0.273 e. The second-order valence-corrected chi connectivity index (χ2v) is 6.24. The van der Waals surface area contributed by atoms with Crippen molar-refractivity contribution in [3.05, 3.63) is 46.3 Å².